The molecular formula is C11H8BrFN4OS. The van der Waals surface area contributed by atoms with E-state index in [1.807, 2.05) is 0 Å². The summed E-state index contributed by atoms with van der Waals surface area (Å²) in [5.74, 6) is -0.444. The first-order valence-electron chi connectivity index (χ1n) is 5.17. The number of aryl methyl sites for hydroxylation is 1. The Hall–Kier alpha value is -1.67. The molecule has 0 aliphatic heterocycles. The van der Waals surface area contributed by atoms with E-state index in [1.165, 1.54) is 19.2 Å². The van der Waals surface area contributed by atoms with Crippen LogP contribution in [0.15, 0.2) is 32.6 Å². The molecule has 0 aliphatic carbocycles. The van der Waals surface area contributed by atoms with Gasteiger partial charge in [0.1, 0.15) is 11.5 Å². The highest BCUT2D eigenvalue weighted by atomic mass is 79.9. The highest BCUT2D eigenvalue weighted by Gasteiger charge is 2.03. The molecule has 8 heteroatoms. The lowest BCUT2D eigenvalue weighted by Gasteiger charge is -2.00. The maximum atomic E-state index is 13.5. The number of benzene rings is 1. The highest BCUT2D eigenvalue weighted by molar-refractivity contribution is 9.10. The summed E-state index contributed by atoms with van der Waals surface area (Å²) in [5, 5.41) is 10.1. The standard InChI is InChI=1S/C11H8BrFN4OS/c1-6-10(18)17(11(19)16-15-6)14-5-7-4-8(12)2-3-9(7)13/h2-5H,1H3,(H,16,19)/b14-5-. The lowest BCUT2D eigenvalue weighted by molar-refractivity contribution is 0.625. The minimum absolute atomic E-state index is 0.0438. The Labute approximate surface area is 120 Å². The molecule has 0 aliphatic rings. The molecule has 0 radical (unpaired) electrons. The van der Waals surface area contributed by atoms with Crippen LogP contribution in [0, 0.1) is 17.5 Å². The summed E-state index contributed by atoms with van der Waals surface area (Å²) in [5.41, 5.74) is 0.0148. The number of hydrogen-bond donors (Lipinski definition) is 1. The Morgan fingerprint density at radius 3 is 3.05 bits per heavy atom. The average molecular weight is 343 g/mol. The molecule has 0 amide bonds. The smallest absolute Gasteiger partial charge is 0.265 e. The maximum absolute atomic E-state index is 13.5. The van der Waals surface area contributed by atoms with E-state index >= 15 is 0 Å². The highest BCUT2D eigenvalue weighted by Crippen LogP contribution is 2.13. The van der Waals surface area contributed by atoms with E-state index in [1.54, 1.807) is 12.1 Å². The van der Waals surface area contributed by atoms with Crippen LogP contribution in [0.4, 0.5) is 4.39 Å². The molecule has 0 saturated carbocycles. The zero-order valence-corrected chi connectivity index (χ0v) is 12.1. The molecule has 19 heavy (non-hydrogen) atoms. The van der Waals surface area contributed by atoms with Crippen LogP contribution in [0.1, 0.15) is 11.3 Å². The molecule has 1 aromatic heterocycles. The molecule has 1 N–H and O–H groups in total. The van der Waals surface area contributed by atoms with Gasteiger partial charge in [0.2, 0.25) is 4.77 Å². The van der Waals surface area contributed by atoms with E-state index in [2.05, 4.69) is 31.2 Å². The number of nitrogens with zero attached hydrogens (tertiary/aromatic N) is 3. The Morgan fingerprint density at radius 2 is 2.32 bits per heavy atom. The van der Waals surface area contributed by atoms with Gasteiger partial charge in [-0.3, -0.25) is 9.89 Å². The van der Waals surface area contributed by atoms with Crippen LogP contribution in [-0.4, -0.2) is 21.1 Å². The van der Waals surface area contributed by atoms with E-state index in [9.17, 15) is 9.18 Å². The molecule has 2 aromatic rings. The Morgan fingerprint density at radius 1 is 1.58 bits per heavy atom. The second-order valence-corrected chi connectivity index (χ2v) is 4.94. The van der Waals surface area contributed by atoms with Gasteiger partial charge < -0.3 is 0 Å². The molecule has 0 fully saturated rings. The average Bonchev–Trinajstić information content (AvgIpc) is 2.38. The van der Waals surface area contributed by atoms with Crippen molar-refractivity contribution in [2.24, 2.45) is 5.10 Å². The van der Waals surface area contributed by atoms with E-state index in [4.69, 9.17) is 12.2 Å². The van der Waals surface area contributed by atoms with Crippen molar-refractivity contribution in [1.82, 2.24) is 14.9 Å². The fraction of sp³-hybridized carbons (Fsp3) is 0.0909. The Kier molecular flexibility index (Phi) is 4.01. The van der Waals surface area contributed by atoms with Crippen molar-refractivity contribution in [3.63, 3.8) is 0 Å². The lowest BCUT2D eigenvalue weighted by Crippen LogP contribution is -2.22. The van der Waals surface area contributed by atoms with Crippen LogP contribution in [0.25, 0.3) is 0 Å². The van der Waals surface area contributed by atoms with Gasteiger partial charge in [0.25, 0.3) is 5.56 Å². The van der Waals surface area contributed by atoms with E-state index in [-0.39, 0.29) is 16.0 Å². The minimum Gasteiger partial charge on any atom is -0.265 e. The van der Waals surface area contributed by atoms with Gasteiger partial charge in [0.15, 0.2) is 0 Å². The van der Waals surface area contributed by atoms with Crippen molar-refractivity contribution in [2.45, 2.75) is 6.92 Å². The number of rotatable bonds is 2. The SMILES string of the molecule is Cc1n[nH]c(=S)n(/N=C\c2cc(Br)ccc2F)c1=O. The van der Waals surface area contributed by atoms with Crippen molar-refractivity contribution in [3.05, 3.63) is 54.9 Å². The zero-order valence-electron chi connectivity index (χ0n) is 9.72. The molecule has 0 saturated heterocycles. The number of H-pyrrole nitrogens is 1. The van der Waals surface area contributed by atoms with Crippen molar-refractivity contribution >= 4 is 34.4 Å². The van der Waals surface area contributed by atoms with Gasteiger partial charge in [0.05, 0.1) is 6.21 Å². The fourth-order valence-electron chi connectivity index (χ4n) is 1.31. The lowest BCUT2D eigenvalue weighted by atomic mass is 10.2. The number of halogens is 2. The number of aromatic nitrogens is 3. The van der Waals surface area contributed by atoms with E-state index in [0.29, 0.717) is 4.47 Å². The predicted molar refractivity (Wildman–Crippen MR) is 75.5 cm³/mol. The van der Waals surface area contributed by atoms with Crippen molar-refractivity contribution in [2.75, 3.05) is 0 Å². The summed E-state index contributed by atoms with van der Waals surface area (Å²) < 4.78 is 15.2. The second kappa shape index (κ2) is 5.54. The summed E-state index contributed by atoms with van der Waals surface area (Å²) in [4.78, 5) is 11.8. The van der Waals surface area contributed by atoms with Gasteiger partial charge in [-0.2, -0.15) is 14.9 Å². The van der Waals surface area contributed by atoms with Gasteiger partial charge in [0, 0.05) is 10.0 Å². The molecule has 0 unspecified atom stereocenters. The summed E-state index contributed by atoms with van der Waals surface area (Å²) in [6, 6.07) is 4.42. The van der Waals surface area contributed by atoms with Gasteiger partial charge in [-0.25, -0.2) is 4.39 Å². The van der Waals surface area contributed by atoms with E-state index < -0.39 is 11.4 Å². The topological polar surface area (TPSA) is 63.0 Å². The molecular weight excluding hydrogens is 335 g/mol. The zero-order chi connectivity index (χ0) is 14.0. The molecule has 0 bridgehead atoms. The van der Waals surface area contributed by atoms with Crippen LogP contribution in [-0.2, 0) is 0 Å². The first kappa shape index (κ1) is 13.8. The third kappa shape index (κ3) is 3.02. The monoisotopic (exact) mass is 342 g/mol. The van der Waals surface area contributed by atoms with E-state index in [0.717, 1.165) is 4.68 Å². The van der Waals surface area contributed by atoms with Crippen LogP contribution in [0.3, 0.4) is 0 Å². The first-order chi connectivity index (χ1) is 8.99. The largest absolute Gasteiger partial charge is 0.296 e. The molecule has 0 spiro atoms. The van der Waals surface area contributed by atoms with Crippen molar-refractivity contribution in [3.8, 4) is 0 Å². The fourth-order valence-corrected chi connectivity index (χ4v) is 1.87. The van der Waals surface area contributed by atoms with Crippen molar-refractivity contribution in [1.29, 1.82) is 0 Å². The Balaban J connectivity index is 2.50. The number of nitrogens with one attached hydrogen (secondary N) is 1. The van der Waals surface area contributed by atoms with Crippen LogP contribution >= 0.6 is 28.1 Å². The van der Waals surface area contributed by atoms with Crippen LogP contribution in [0.5, 0.6) is 0 Å². The van der Waals surface area contributed by atoms with Gasteiger partial charge in [-0.15, -0.1) is 0 Å². The molecule has 1 heterocycles. The first-order valence-corrected chi connectivity index (χ1v) is 6.37. The molecule has 2 rings (SSSR count). The van der Waals surface area contributed by atoms with Gasteiger partial charge >= 0.3 is 0 Å². The van der Waals surface area contributed by atoms with Crippen LogP contribution in [0.2, 0.25) is 0 Å². The molecule has 1 aromatic carbocycles. The summed E-state index contributed by atoms with van der Waals surface area (Å²) in [6.07, 6.45) is 1.23. The van der Waals surface area contributed by atoms with Gasteiger partial charge in [-0.05, 0) is 37.3 Å². The summed E-state index contributed by atoms with van der Waals surface area (Å²) in [6.45, 7) is 1.53. The van der Waals surface area contributed by atoms with Crippen molar-refractivity contribution < 1.29 is 4.39 Å². The maximum Gasteiger partial charge on any atom is 0.296 e. The number of hydrogen-bond acceptors (Lipinski definition) is 4. The minimum atomic E-state index is -0.449. The summed E-state index contributed by atoms with van der Waals surface area (Å²) >= 11 is 8.13. The predicted octanol–water partition coefficient (Wildman–Crippen LogP) is 2.39. The molecule has 98 valence electrons. The van der Waals surface area contributed by atoms with Crippen LogP contribution < -0.4 is 5.56 Å². The molecule has 5 nitrogen and oxygen atoms in total. The molecule has 0 atom stereocenters. The quantitative estimate of drug-likeness (QED) is 0.673. The third-order valence-corrected chi connectivity index (χ3v) is 3.04. The second-order valence-electron chi connectivity index (χ2n) is 3.64. The summed E-state index contributed by atoms with van der Waals surface area (Å²) in [7, 11) is 0. The Bertz CT molecular complexity index is 768. The number of aromatic amines is 1. The van der Waals surface area contributed by atoms with Gasteiger partial charge in [-0.1, -0.05) is 15.9 Å². The third-order valence-electron chi connectivity index (χ3n) is 2.28. The normalized spacial score (nSPS) is 11.1.